The van der Waals surface area contributed by atoms with Gasteiger partial charge in [-0.05, 0) is 6.07 Å². The lowest BCUT2D eigenvalue weighted by molar-refractivity contribution is 0.264. The van der Waals surface area contributed by atoms with Crippen LogP contribution in [0.4, 0.5) is 5.82 Å². The van der Waals surface area contributed by atoms with Crippen LogP contribution in [0.2, 0.25) is 0 Å². The van der Waals surface area contributed by atoms with Crippen molar-refractivity contribution in [3.63, 3.8) is 0 Å². The van der Waals surface area contributed by atoms with E-state index in [4.69, 9.17) is 9.79 Å². The molecule has 0 radical (unpaired) electrons. The third kappa shape index (κ3) is 3.94. The summed E-state index contributed by atoms with van der Waals surface area (Å²) >= 11 is 0. The number of hydrogen-bond acceptors (Lipinski definition) is 6. The summed E-state index contributed by atoms with van der Waals surface area (Å²) in [5.41, 5.74) is 0.302. The molecular formula is C13H18N5O4P. The van der Waals surface area contributed by atoms with Gasteiger partial charge in [-0.25, -0.2) is 9.97 Å². The first-order valence-electron chi connectivity index (χ1n) is 7.28. The molecule has 0 atom stereocenters. The van der Waals surface area contributed by atoms with E-state index in [1.165, 1.54) is 12.4 Å². The molecular weight excluding hydrogens is 321 g/mol. The fraction of sp³-hybridized carbons (Fsp3) is 0.462. The van der Waals surface area contributed by atoms with Gasteiger partial charge in [0.2, 0.25) is 5.56 Å². The minimum absolute atomic E-state index is 0.120. The molecule has 2 aromatic rings. The second-order valence-corrected chi connectivity index (χ2v) is 7.28. The lowest BCUT2D eigenvalue weighted by Crippen LogP contribution is -2.47. The van der Waals surface area contributed by atoms with Crippen molar-refractivity contribution in [2.24, 2.45) is 0 Å². The second kappa shape index (κ2) is 6.37. The average molecular weight is 339 g/mol. The van der Waals surface area contributed by atoms with Crippen LogP contribution in [0.3, 0.4) is 0 Å². The Labute approximate surface area is 132 Å². The lowest BCUT2D eigenvalue weighted by atomic mass is 10.2. The fourth-order valence-corrected chi connectivity index (χ4v) is 3.21. The van der Waals surface area contributed by atoms with Crippen LogP contribution in [-0.2, 0) is 4.57 Å². The summed E-state index contributed by atoms with van der Waals surface area (Å²) in [5, 5.41) is 0.788. The van der Waals surface area contributed by atoms with Gasteiger partial charge in [-0.1, -0.05) is 0 Å². The summed E-state index contributed by atoms with van der Waals surface area (Å²) in [6.07, 6.45) is 1.30. The largest absolute Gasteiger partial charge is 0.353 e. The van der Waals surface area contributed by atoms with Crippen molar-refractivity contribution in [3.8, 4) is 0 Å². The number of aromatic nitrogens is 3. The van der Waals surface area contributed by atoms with E-state index in [-0.39, 0.29) is 11.7 Å². The van der Waals surface area contributed by atoms with E-state index in [1.807, 2.05) is 4.90 Å². The summed E-state index contributed by atoms with van der Waals surface area (Å²) in [7, 11) is -3.95. The fourth-order valence-electron chi connectivity index (χ4n) is 2.66. The van der Waals surface area contributed by atoms with Crippen molar-refractivity contribution in [1.82, 2.24) is 19.9 Å². The van der Waals surface area contributed by atoms with Crippen LogP contribution in [0.15, 0.2) is 23.3 Å². The van der Waals surface area contributed by atoms with E-state index in [2.05, 4.69) is 19.9 Å². The van der Waals surface area contributed by atoms with Crippen LogP contribution in [0.5, 0.6) is 0 Å². The van der Waals surface area contributed by atoms with Crippen molar-refractivity contribution in [2.45, 2.75) is 0 Å². The standard InChI is InChI=1S/C13H18N5O4P/c19-11-2-1-10-12(16-11)14-9-15-13(10)18-5-3-17(4-6-18)7-8-23(20,21)22/h1-2,9H,3-8H2,(H2,20,21,22)(H,14,15,16,19). The van der Waals surface area contributed by atoms with Gasteiger partial charge >= 0.3 is 7.60 Å². The molecule has 0 unspecified atom stereocenters. The zero-order chi connectivity index (χ0) is 16.4. The van der Waals surface area contributed by atoms with E-state index in [0.717, 1.165) is 11.2 Å². The van der Waals surface area contributed by atoms with Crippen molar-refractivity contribution in [1.29, 1.82) is 0 Å². The molecule has 1 saturated heterocycles. The molecule has 3 N–H and O–H groups in total. The van der Waals surface area contributed by atoms with Gasteiger partial charge in [0, 0.05) is 38.8 Å². The Kier molecular flexibility index (Phi) is 4.45. The number of anilines is 1. The highest BCUT2D eigenvalue weighted by molar-refractivity contribution is 7.51. The number of rotatable bonds is 4. The summed E-state index contributed by atoms with van der Waals surface area (Å²) in [4.78, 5) is 44.5. The highest BCUT2D eigenvalue weighted by atomic mass is 31.2. The molecule has 0 saturated carbocycles. The van der Waals surface area contributed by atoms with E-state index in [1.54, 1.807) is 6.07 Å². The predicted molar refractivity (Wildman–Crippen MR) is 85.7 cm³/mol. The van der Waals surface area contributed by atoms with Crippen LogP contribution in [0.1, 0.15) is 0 Å². The third-order valence-electron chi connectivity index (χ3n) is 3.89. The van der Waals surface area contributed by atoms with E-state index < -0.39 is 7.60 Å². The number of piperazine rings is 1. The SMILES string of the molecule is O=c1ccc2c(N3CCN(CCP(=O)(O)O)CC3)ncnc2[nH]1. The summed E-state index contributed by atoms with van der Waals surface area (Å²) in [5.74, 6) is 0.765. The molecule has 2 aromatic heterocycles. The number of H-pyrrole nitrogens is 1. The Bertz CT molecular complexity index is 796. The number of pyridine rings is 1. The zero-order valence-electron chi connectivity index (χ0n) is 12.4. The van der Waals surface area contributed by atoms with Crippen LogP contribution in [-0.4, -0.2) is 68.5 Å². The van der Waals surface area contributed by atoms with Gasteiger partial charge in [0.1, 0.15) is 17.8 Å². The maximum absolute atomic E-state index is 11.4. The molecule has 0 aliphatic carbocycles. The average Bonchev–Trinajstić information content (AvgIpc) is 2.52. The minimum Gasteiger partial charge on any atom is -0.353 e. The molecule has 3 rings (SSSR count). The molecule has 0 aromatic carbocycles. The van der Waals surface area contributed by atoms with Crippen LogP contribution in [0.25, 0.3) is 11.0 Å². The first-order chi connectivity index (χ1) is 10.9. The quantitative estimate of drug-likeness (QED) is 0.644. The van der Waals surface area contributed by atoms with Gasteiger partial charge in [0.05, 0.1) is 11.5 Å². The Morgan fingerprint density at radius 2 is 1.91 bits per heavy atom. The topological polar surface area (TPSA) is 123 Å². The van der Waals surface area contributed by atoms with Gasteiger partial charge < -0.3 is 19.7 Å². The van der Waals surface area contributed by atoms with Gasteiger partial charge in [-0.15, -0.1) is 0 Å². The molecule has 10 heteroatoms. The maximum atomic E-state index is 11.4. The maximum Gasteiger partial charge on any atom is 0.326 e. The number of nitrogens with one attached hydrogen (secondary N) is 1. The predicted octanol–water partition coefficient (Wildman–Crippen LogP) is -0.382. The van der Waals surface area contributed by atoms with Gasteiger partial charge in [0.15, 0.2) is 0 Å². The Morgan fingerprint density at radius 3 is 2.61 bits per heavy atom. The molecule has 0 spiro atoms. The first-order valence-corrected chi connectivity index (χ1v) is 9.08. The number of aromatic amines is 1. The lowest BCUT2D eigenvalue weighted by Gasteiger charge is -2.35. The normalized spacial score (nSPS) is 16.9. The zero-order valence-corrected chi connectivity index (χ0v) is 13.3. The Morgan fingerprint density at radius 1 is 1.17 bits per heavy atom. The molecule has 1 fully saturated rings. The molecule has 23 heavy (non-hydrogen) atoms. The van der Waals surface area contributed by atoms with Gasteiger partial charge in [-0.3, -0.25) is 14.3 Å². The molecule has 0 amide bonds. The van der Waals surface area contributed by atoms with Crippen molar-refractivity contribution in [2.75, 3.05) is 43.8 Å². The molecule has 1 aliphatic heterocycles. The Hall–Kier alpha value is -1.80. The molecule has 124 valence electrons. The highest BCUT2D eigenvalue weighted by Gasteiger charge is 2.22. The molecule has 9 nitrogen and oxygen atoms in total. The summed E-state index contributed by atoms with van der Waals surface area (Å²) in [6, 6.07) is 3.16. The first kappa shape index (κ1) is 16.1. The smallest absolute Gasteiger partial charge is 0.326 e. The molecule has 1 aliphatic rings. The van der Waals surface area contributed by atoms with E-state index in [9.17, 15) is 9.36 Å². The van der Waals surface area contributed by atoms with Crippen LogP contribution in [0, 0.1) is 0 Å². The molecule has 0 bridgehead atoms. The van der Waals surface area contributed by atoms with Crippen LogP contribution < -0.4 is 10.5 Å². The molecule has 3 heterocycles. The number of hydrogen-bond donors (Lipinski definition) is 3. The Balaban J connectivity index is 1.71. The number of nitrogens with zero attached hydrogens (tertiary/aromatic N) is 4. The highest BCUT2D eigenvalue weighted by Crippen LogP contribution is 2.33. The summed E-state index contributed by atoms with van der Waals surface area (Å²) < 4.78 is 10.9. The van der Waals surface area contributed by atoms with Crippen molar-refractivity contribution in [3.05, 3.63) is 28.8 Å². The van der Waals surface area contributed by atoms with Gasteiger partial charge in [-0.2, -0.15) is 0 Å². The minimum atomic E-state index is -3.95. The second-order valence-electron chi connectivity index (χ2n) is 5.50. The van der Waals surface area contributed by atoms with E-state index in [0.29, 0.717) is 38.4 Å². The summed E-state index contributed by atoms with van der Waals surface area (Å²) in [6.45, 7) is 3.19. The van der Waals surface area contributed by atoms with Gasteiger partial charge in [0.25, 0.3) is 0 Å². The van der Waals surface area contributed by atoms with E-state index >= 15 is 0 Å². The number of fused-ring (bicyclic) bond motifs is 1. The monoisotopic (exact) mass is 339 g/mol. The van der Waals surface area contributed by atoms with Crippen molar-refractivity contribution < 1.29 is 14.4 Å². The van der Waals surface area contributed by atoms with Crippen LogP contribution >= 0.6 is 7.60 Å². The van der Waals surface area contributed by atoms with Crippen molar-refractivity contribution >= 4 is 24.4 Å². The third-order valence-corrected chi connectivity index (χ3v) is 4.67.